The molecule has 120 valence electrons. The van der Waals surface area contributed by atoms with Crippen LogP contribution in [0, 0.1) is 0 Å². The van der Waals surface area contributed by atoms with Crippen molar-refractivity contribution in [3.05, 3.63) is 51.2 Å². The van der Waals surface area contributed by atoms with Gasteiger partial charge in [-0.3, -0.25) is 9.59 Å². The largest absolute Gasteiger partial charge is 0.481 e. The number of hydrogen-bond donors (Lipinski definition) is 2. The van der Waals surface area contributed by atoms with E-state index in [1.54, 1.807) is 35.6 Å². The molecule has 1 heterocycles. The average Bonchev–Trinajstić information content (AvgIpc) is 2.80. The lowest BCUT2D eigenvalue weighted by Crippen LogP contribution is -2.13. The van der Waals surface area contributed by atoms with Crippen molar-refractivity contribution in [3.8, 4) is 0 Å². The highest BCUT2D eigenvalue weighted by Crippen LogP contribution is 2.29. The zero-order chi connectivity index (χ0) is 16.2. The fourth-order valence-electron chi connectivity index (χ4n) is 2.92. The SMILES string of the molecule is O=C(O)Cc1ccccc1NC(=O)c1cc2c(s1)CCCCC2. The highest BCUT2D eigenvalue weighted by atomic mass is 32.1. The molecule has 0 saturated carbocycles. The van der Waals surface area contributed by atoms with Gasteiger partial charge in [0.15, 0.2) is 0 Å². The first kappa shape index (κ1) is 15.7. The second kappa shape index (κ2) is 6.96. The van der Waals surface area contributed by atoms with E-state index in [9.17, 15) is 9.59 Å². The van der Waals surface area contributed by atoms with Crippen molar-refractivity contribution in [3.63, 3.8) is 0 Å². The highest BCUT2D eigenvalue weighted by Gasteiger charge is 2.17. The van der Waals surface area contributed by atoms with E-state index in [1.807, 2.05) is 6.07 Å². The Bertz CT molecular complexity index is 712. The van der Waals surface area contributed by atoms with Gasteiger partial charge in [0.25, 0.3) is 5.91 Å². The van der Waals surface area contributed by atoms with Gasteiger partial charge in [-0.05, 0) is 48.9 Å². The number of aliphatic carboxylic acids is 1. The summed E-state index contributed by atoms with van der Waals surface area (Å²) in [6.45, 7) is 0. The van der Waals surface area contributed by atoms with Gasteiger partial charge in [0.1, 0.15) is 0 Å². The summed E-state index contributed by atoms with van der Waals surface area (Å²) in [4.78, 5) is 25.5. The molecule has 0 bridgehead atoms. The Morgan fingerprint density at radius 2 is 1.91 bits per heavy atom. The average molecular weight is 329 g/mol. The lowest BCUT2D eigenvalue weighted by Gasteiger charge is -2.08. The molecule has 1 aliphatic rings. The lowest BCUT2D eigenvalue weighted by atomic mass is 10.1. The van der Waals surface area contributed by atoms with E-state index in [4.69, 9.17) is 5.11 Å². The van der Waals surface area contributed by atoms with E-state index in [0.29, 0.717) is 16.1 Å². The summed E-state index contributed by atoms with van der Waals surface area (Å²) in [7, 11) is 0. The first-order valence-electron chi connectivity index (χ1n) is 7.86. The molecule has 0 radical (unpaired) electrons. The van der Waals surface area contributed by atoms with Crippen LogP contribution in [0.3, 0.4) is 0 Å². The van der Waals surface area contributed by atoms with Crippen molar-refractivity contribution in [2.45, 2.75) is 38.5 Å². The molecule has 23 heavy (non-hydrogen) atoms. The maximum Gasteiger partial charge on any atom is 0.307 e. The van der Waals surface area contributed by atoms with Crippen LogP contribution in [0.2, 0.25) is 0 Å². The molecule has 4 nitrogen and oxygen atoms in total. The maximum atomic E-state index is 12.5. The number of carboxylic acid groups (broad SMARTS) is 1. The number of fused-ring (bicyclic) bond motifs is 1. The molecule has 2 aromatic rings. The molecular weight excluding hydrogens is 310 g/mol. The Balaban J connectivity index is 1.78. The Labute approximate surface area is 139 Å². The van der Waals surface area contributed by atoms with E-state index in [-0.39, 0.29) is 12.3 Å². The minimum atomic E-state index is -0.908. The molecule has 1 aromatic heterocycles. The minimum absolute atomic E-state index is 0.0998. The Morgan fingerprint density at radius 3 is 2.74 bits per heavy atom. The summed E-state index contributed by atoms with van der Waals surface area (Å²) >= 11 is 1.57. The smallest absolute Gasteiger partial charge is 0.307 e. The maximum absolute atomic E-state index is 12.5. The fourth-order valence-corrected chi connectivity index (χ4v) is 4.07. The Hall–Kier alpha value is -2.14. The van der Waals surface area contributed by atoms with Crippen LogP contribution in [0.25, 0.3) is 0 Å². The van der Waals surface area contributed by atoms with Crippen LogP contribution in [-0.2, 0) is 24.1 Å². The van der Waals surface area contributed by atoms with Crippen LogP contribution < -0.4 is 5.32 Å². The zero-order valence-electron chi connectivity index (χ0n) is 12.8. The third-order valence-electron chi connectivity index (χ3n) is 4.08. The van der Waals surface area contributed by atoms with Crippen LogP contribution in [-0.4, -0.2) is 17.0 Å². The van der Waals surface area contributed by atoms with Gasteiger partial charge in [-0.15, -0.1) is 11.3 Å². The van der Waals surface area contributed by atoms with Crippen molar-refractivity contribution in [2.24, 2.45) is 0 Å². The van der Waals surface area contributed by atoms with Crippen LogP contribution in [0.5, 0.6) is 0 Å². The Morgan fingerprint density at radius 1 is 1.13 bits per heavy atom. The topological polar surface area (TPSA) is 66.4 Å². The number of amides is 1. The number of carbonyl (C=O) groups is 2. The van der Waals surface area contributed by atoms with Gasteiger partial charge < -0.3 is 10.4 Å². The second-order valence-electron chi connectivity index (χ2n) is 5.80. The summed E-state index contributed by atoms with van der Waals surface area (Å²) in [5.74, 6) is -1.06. The summed E-state index contributed by atoms with van der Waals surface area (Å²) in [6.07, 6.45) is 5.64. The number of thiophene rings is 1. The van der Waals surface area contributed by atoms with Gasteiger partial charge >= 0.3 is 5.97 Å². The van der Waals surface area contributed by atoms with Crippen molar-refractivity contribution in [2.75, 3.05) is 5.32 Å². The van der Waals surface area contributed by atoms with Gasteiger partial charge in [-0.1, -0.05) is 24.6 Å². The molecule has 1 amide bonds. The summed E-state index contributed by atoms with van der Waals surface area (Å²) in [6, 6.07) is 9.05. The molecule has 0 fully saturated rings. The number of benzene rings is 1. The van der Waals surface area contributed by atoms with Gasteiger partial charge in [0, 0.05) is 10.6 Å². The molecule has 3 rings (SSSR count). The summed E-state index contributed by atoms with van der Waals surface area (Å²) in [5.41, 5.74) is 2.49. The Kier molecular flexibility index (Phi) is 4.76. The number of rotatable bonds is 4. The lowest BCUT2D eigenvalue weighted by molar-refractivity contribution is -0.136. The molecule has 0 spiro atoms. The minimum Gasteiger partial charge on any atom is -0.481 e. The number of nitrogens with one attached hydrogen (secondary N) is 1. The first-order chi connectivity index (χ1) is 11.1. The predicted molar refractivity (Wildman–Crippen MR) is 91.3 cm³/mol. The first-order valence-corrected chi connectivity index (χ1v) is 8.68. The van der Waals surface area contributed by atoms with Crippen molar-refractivity contribution in [1.82, 2.24) is 0 Å². The number of carbonyl (C=O) groups excluding carboxylic acids is 1. The van der Waals surface area contributed by atoms with Gasteiger partial charge in [-0.2, -0.15) is 0 Å². The van der Waals surface area contributed by atoms with E-state index in [0.717, 1.165) is 12.8 Å². The van der Waals surface area contributed by atoms with Crippen molar-refractivity contribution in [1.29, 1.82) is 0 Å². The summed E-state index contributed by atoms with van der Waals surface area (Å²) in [5, 5.41) is 11.8. The van der Waals surface area contributed by atoms with Gasteiger partial charge in [0.2, 0.25) is 0 Å². The molecule has 2 N–H and O–H groups in total. The molecule has 0 saturated heterocycles. The van der Waals surface area contributed by atoms with Crippen LogP contribution in [0.4, 0.5) is 5.69 Å². The van der Waals surface area contributed by atoms with E-state index in [1.165, 1.54) is 29.7 Å². The van der Waals surface area contributed by atoms with E-state index in [2.05, 4.69) is 5.32 Å². The predicted octanol–water partition coefficient (Wildman–Crippen LogP) is 3.90. The molecule has 1 aromatic carbocycles. The number of hydrogen-bond acceptors (Lipinski definition) is 3. The molecule has 1 aliphatic carbocycles. The molecule has 0 aliphatic heterocycles. The normalized spacial score (nSPS) is 13.9. The molecular formula is C18H19NO3S. The number of carboxylic acids is 1. The molecule has 5 heteroatoms. The third kappa shape index (κ3) is 3.79. The van der Waals surface area contributed by atoms with Crippen LogP contribution in [0.15, 0.2) is 30.3 Å². The number of para-hydroxylation sites is 1. The zero-order valence-corrected chi connectivity index (χ0v) is 13.6. The summed E-state index contributed by atoms with van der Waals surface area (Å²) < 4.78 is 0. The van der Waals surface area contributed by atoms with Crippen LogP contribution in [0.1, 0.15) is 44.9 Å². The van der Waals surface area contributed by atoms with Gasteiger partial charge in [-0.25, -0.2) is 0 Å². The third-order valence-corrected chi connectivity index (χ3v) is 5.31. The molecule has 0 atom stereocenters. The van der Waals surface area contributed by atoms with Crippen molar-refractivity contribution >= 4 is 28.9 Å². The van der Waals surface area contributed by atoms with Crippen molar-refractivity contribution < 1.29 is 14.7 Å². The van der Waals surface area contributed by atoms with Gasteiger partial charge in [0.05, 0.1) is 11.3 Å². The number of anilines is 1. The monoisotopic (exact) mass is 329 g/mol. The highest BCUT2D eigenvalue weighted by molar-refractivity contribution is 7.14. The fraction of sp³-hybridized carbons (Fsp3) is 0.333. The standard InChI is InChI=1S/C18H19NO3S/c20-17(21)11-12-6-4-5-8-14(12)19-18(22)16-10-13-7-2-1-3-9-15(13)23-16/h4-6,8,10H,1-3,7,9,11H2,(H,19,22)(H,20,21). The van der Waals surface area contributed by atoms with E-state index >= 15 is 0 Å². The van der Waals surface area contributed by atoms with Crippen LogP contribution >= 0.6 is 11.3 Å². The number of aryl methyl sites for hydroxylation is 2. The quantitative estimate of drug-likeness (QED) is 0.836. The molecule has 0 unspecified atom stereocenters. The second-order valence-corrected chi connectivity index (χ2v) is 6.94. The van der Waals surface area contributed by atoms with E-state index < -0.39 is 5.97 Å².